The molecule has 0 bridgehead atoms. The van der Waals surface area contributed by atoms with E-state index >= 15 is 0 Å². The topological polar surface area (TPSA) is 81.8 Å². The molecule has 0 unspecified atom stereocenters. The van der Waals surface area contributed by atoms with Crippen molar-refractivity contribution >= 4 is 5.97 Å². The second kappa shape index (κ2) is 7.63. The van der Waals surface area contributed by atoms with Gasteiger partial charge in [-0.15, -0.1) is 0 Å². The molecule has 0 spiro atoms. The zero-order chi connectivity index (χ0) is 14.3. The maximum atomic E-state index is 10.8. The van der Waals surface area contributed by atoms with Gasteiger partial charge in [0.1, 0.15) is 0 Å². The molecule has 0 aromatic heterocycles. The first-order chi connectivity index (χ1) is 9.12. The van der Waals surface area contributed by atoms with Crippen molar-refractivity contribution in [3.8, 4) is 11.5 Å². The quantitative estimate of drug-likeness (QED) is 0.753. The van der Waals surface area contributed by atoms with E-state index < -0.39 is 5.97 Å². The Morgan fingerprint density at radius 2 is 1.89 bits per heavy atom. The zero-order valence-electron chi connectivity index (χ0n) is 11.4. The second-order valence-electron chi connectivity index (χ2n) is 4.10. The van der Waals surface area contributed by atoms with Crippen LogP contribution in [0.25, 0.3) is 0 Å². The molecule has 0 saturated heterocycles. The Morgan fingerprint density at radius 1 is 1.26 bits per heavy atom. The molecule has 0 aliphatic rings. The predicted molar refractivity (Wildman–Crippen MR) is 72.8 cm³/mol. The number of hydrogen-bond acceptors (Lipinski definition) is 4. The summed E-state index contributed by atoms with van der Waals surface area (Å²) in [6, 6.07) is 5.46. The van der Waals surface area contributed by atoms with Crippen molar-refractivity contribution in [1.29, 1.82) is 0 Å². The van der Waals surface area contributed by atoms with Gasteiger partial charge in [0.2, 0.25) is 0 Å². The Kier molecular flexibility index (Phi) is 6.15. The molecule has 1 aromatic carbocycles. The van der Waals surface area contributed by atoms with Crippen molar-refractivity contribution in [3.63, 3.8) is 0 Å². The van der Waals surface area contributed by atoms with E-state index in [9.17, 15) is 4.79 Å². The second-order valence-corrected chi connectivity index (χ2v) is 4.10. The van der Waals surface area contributed by atoms with Gasteiger partial charge in [0.15, 0.2) is 11.5 Å². The summed E-state index contributed by atoms with van der Waals surface area (Å²) < 4.78 is 11.0. The molecule has 1 aromatic rings. The summed E-state index contributed by atoms with van der Waals surface area (Å²) in [4.78, 5) is 10.8. The maximum absolute atomic E-state index is 10.8. The lowest BCUT2D eigenvalue weighted by atomic mass is 9.95. The number of nitrogens with two attached hydrogens (primary N) is 1. The molecule has 106 valence electrons. The highest BCUT2D eigenvalue weighted by atomic mass is 16.5. The molecule has 1 rings (SSSR count). The fraction of sp³-hybridized carbons (Fsp3) is 0.500. The number of hydrogen-bond donors (Lipinski definition) is 2. The van der Waals surface area contributed by atoms with Crippen molar-refractivity contribution in [2.45, 2.75) is 26.2 Å². The highest BCUT2D eigenvalue weighted by molar-refractivity contribution is 5.68. The van der Waals surface area contributed by atoms with Gasteiger partial charge in [0.25, 0.3) is 0 Å². The van der Waals surface area contributed by atoms with Crippen LogP contribution in [0.3, 0.4) is 0 Å². The molecule has 0 fully saturated rings. The summed E-state index contributed by atoms with van der Waals surface area (Å²) in [6.07, 6.45) is 0.00997. The molecule has 0 amide bonds. The average Bonchev–Trinajstić information content (AvgIpc) is 2.38. The third-order valence-electron chi connectivity index (χ3n) is 2.74. The number of carbonyl (C=O) groups is 1. The van der Waals surface area contributed by atoms with E-state index in [0.29, 0.717) is 24.7 Å². The van der Waals surface area contributed by atoms with Crippen LogP contribution in [0.2, 0.25) is 0 Å². The summed E-state index contributed by atoms with van der Waals surface area (Å²) in [5, 5.41) is 8.88. The van der Waals surface area contributed by atoms with Gasteiger partial charge in [0.05, 0.1) is 19.6 Å². The highest BCUT2D eigenvalue weighted by Gasteiger charge is 2.16. The van der Waals surface area contributed by atoms with E-state index in [4.69, 9.17) is 20.3 Å². The fourth-order valence-electron chi connectivity index (χ4n) is 1.87. The van der Waals surface area contributed by atoms with E-state index in [-0.39, 0.29) is 18.9 Å². The fourth-order valence-corrected chi connectivity index (χ4v) is 1.87. The van der Waals surface area contributed by atoms with Crippen LogP contribution in [0.5, 0.6) is 11.5 Å². The van der Waals surface area contributed by atoms with Crippen molar-refractivity contribution in [2.24, 2.45) is 5.73 Å². The van der Waals surface area contributed by atoms with Crippen LogP contribution in [0.4, 0.5) is 0 Å². The average molecular weight is 267 g/mol. The van der Waals surface area contributed by atoms with Gasteiger partial charge >= 0.3 is 5.97 Å². The smallest absolute Gasteiger partial charge is 0.304 e. The molecule has 0 aliphatic heterocycles. The summed E-state index contributed by atoms with van der Waals surface area (Å²) in [7, 11) is 0. The number of carboxylic acid groups (broad SMARTS) is 1. The predicted octanol–water partition coefficient (Wildman–Crippen LogP) is 2.00. The third-order valence-corrected chi connectivity index (χ3v) is 2.74. The largest absolute Gasteiger partial charge is 0.490 e. The van der Waals surface area contributed by atoms with Gasteiger partial charge in [-0.05, 0) is 38.1 Å². The molecule has 5 heteroatoms. The minimum atomic E-state index is -0.859. The molecule has 0 heterocycles. The molecule has 0 saturated carbocycles. The minimum Gasteiger partial charge on any atom is -0.490 e. The van der Waals surface area contributed by atoms with Crippen LogP contribution in [0, 0.1) is 0 Å². The number of carboxylic acids is 1. The number of aliphatic carboxylic acids is 1. The van der Waals surface area contributed by atoms with Gasteiger partial charge in [-0.25, -0.2) is 0 Å². The van der Waals surface area contributed by atoms with E-state index in [1.807, 2.05) is 26.0 Å². The number of ether oxygens (including phenoxy) is 2. The Bertz CT molecular complexity index is 420. The lowest BCUT2D eigenvalue weighted by Gasteiger charge is -2.16. The molecular weight excluding hydrogens is 246 g/mol. The first-order valence-corrected chi connectivity index (χ1v) is 6.43. The van der Waals surface area contributed by atoms with E-state index in [1.54, 1.807) is 6.07 Å². The van der Waals surface area contributed by atoms with Crippen molar-refractivity contribution in [2.75, 3.05) is 19.8 Å². The van der Waals surface area contributed by atoms with E-state index in [1.165, 1.54) is 0 Å². The molecule has 1 atom stereocenters. The van der Waals surface area contributed by atoms with Gasteiger partial charge in [-0.3, -0.25) is 4.79 Å². The Balaban J connectivity index is 3.01. The Labute approximate surface area is 113 Å². The van der Waals surface area contributed by atoms with Gasteiger partial charge in [-0.2, -0.15) is 0 Å². The SMILES string of the molecule is CCOc1ccc([C@H](CN)CC(=O)O)cc1OCC. The zero-order valence-corrected chi connectivity index (χ0v) is 11.4. The van der Waals surface area contributed by atoms with Crippen LogP contribution in [-0.2, 0) is 4.79 Å². The minimum absolute atomic E-state index is 0.00997. The summed E-state index contributed by atoms with van der Waals surface area (Å²) in [6.45, 7) is 5.15. The lowest BCUT2D eigenvalue weighted by molar-refractivity contribution is -0.137. The monoisotopic (exact) mass is 267 g/mol. The molecule has 0 radical (unpaired) electrons. The summed E-state index contributed by atoms with van der Waals surface area (Å²) in [5.41, 5.74) is 6.50. The normalized spacial score (nSPS) is 11.9. The van der Waals surface area contributed by atoms with Crippen LogP contribution in [0.15, 0.2) is 18.2 Å². The van der Waals surface area contributed by atoms with E-state index in [2.05, 4.69) is 0 Å². The number of benzene rings is 1. The Hall–Kier alpha value is -1.75. The van der Waals surface area contributed by atoms with Gasteiger partial charge in [-0.1, -0.05) is 6.07 Å². The first-order valence-electron chi connectivity index (χ1n) is 6.43. The van der Waals surface area contributed by atoms with Crippen LogP contribution in [-0.4, -0.2) is 30.8 Å². The highest BCUT2D eigenvalue weighted by Crippen LogP contribution is 2.32. The molecule has 3 N–H and O–H groups in total. The van der Waals surface area contributed by atoms with Gasteiger partial charge in [0, 0.05) is 5.92 Å². The first kappa shape index (κ1) is 15.3. The van der Waals surface area contributed by atoms with Gasteiger partial charge < -0.3 is 20.3 Å². The van der Waals surface area contributed by atoms with Crippen molar-refractivity contribution in [3.05, 3.63) is 23.8 Å². The van der Waals surface area contributed by atoms with Crippen molar-refractivity contribution in [1.82, 2.24) is 0 Å². The van der Waals surface area contributed by atoms with Crippen LogP contribution < -0.4 is 15.2 Å². The van der Waals surface area contributed by atoms with Crippen LogP contribution >= 0.6 is 0 Å². The van der Waals surface area contributed by atoms with Crippen molar-refractivity contribution < 1.29 is 19.4 Å². The number of rotatable bonds is 8. The maximum Gasteiger partial charge on any atom is 0.304 e. The molecular formula is C14H21NO4. The van der Waals surface area contributed by atoms with Crippen LogP contribution in [0.1, 0.15) is 31.7 Å². The lowest BCUT2D eigenvalue weighted by Crippen LogP contribution is -2.16. The molecule has 5 nitrogen and oxygen atoms in total. The standard InChI is InChI=1S/C14H21NO4/c1-3-18-12-6-5-10(7-13(12)19-4-2)11(9-15)8-14(16)17/h5-7,11H,3-4,8-9,15H2,1-2H3,(H,16,17)/t11-/m0/s1. The summed E-state index contributed by atoms with van der Waals surface area (Å²) >= 11 is 0. The Morgan fingerprint density at radius 3 is 2.42 bits per heavy atom. The third kappa shape index (κ3) is 4.44. The summed E-state index contributed by atoms with van der Waals surface area (Å²) in [5.74, 6) is 0.222. The van der Waals surface area contributed by atoms with E-state index in [0.717, 1.165) is 5.56 Å². The molecule has 19 heavy (non-hydrogen) atoms. The molecule has 0 aliphatic carbocycles.